The SMILES string of the molecule is FC1(F)C(F)(F)C(F)(F)C2(F)C(F)(F)C(F)(F)C(F)(F)C(F)(F)C2(F)C1(F)F.[SiH4]. The van der Waals surface area contributed by atoms with E-state index in [1.165, 1.54) is 0 Å². The van der Waals surface area contributed by atoms with Gasteiger partial charge in [0.15, 0.2) is 0 Å². The number of halogens is 18. The zero-order valence-corrected chi connectivity index (χ0v) is 11.8. The van der Waals surface area contributed by atoms with E-state index >= 15 is 0 Å². The summed E-state index contributed by atoms with van der Waals surface area (Å²) in [4.78, 5) is 0. The molecule has 2 saturated carbocycles. The van der Waals surface area contributed by atoms with Crippen LogP contribution in [0.1, 0.15) is 0 Å². The third kappa shape index (κ3) is 1.75. The summed E-state index contributed by atoms with van der Waals surface area (Å²) in [6.45, 7) is 0. The Hall–Kier alpha value is -1.04. The van der Waals surface area contributed by atoms with Gasteiger partial charge in [0.2, 0.25) is 0 Å². The van der Waals surface area contributed by atoms with Crippen LogP contribution in [0.4, 0.5) is 79.0 Å². The molecule has 0 aromatic carbocycles. The molecular formula is C10H4F18Si. The Labute approximate surface area is 150 Å². The fourth-order valence-corrected chi connectivity index (χ4v) is 2.91. The zero-order chi connectivity index (χ0) is 23.0. The summed E-state index contributed by atoms with van der Waals surface area (Å²) in [5.41, 5.74) is -17.3. The molecule has 2 rings (SSSR count). The van der Waals surface area contributed by atoms with E-state index in [2.05, 4.69) is 0 Å². The maximum absolute atomic E-state index is 14.2. The summed E-state index contributed by atoms with van der Waals surface area (Å²) in [5.74, 6) is -66.8. The number of alkyl halides is 18. The van der Waals surface area contributed by atoms with Gasteiger partial charge in [-0.2, -0.15) is 70.2 Å². The summed E-state index contributed by atoms with van der Waals surface area (Å²) < 4.78 is 241. The van der Waals surface area contributed by atoms with Gasteiger partial charge in [-0.25, -0.2) is 8.78 Å². The van der Waals surface area contributed by atoms with Gasteiger partial charge in [-0.1, -0.05) is 0 Å². The Kier molecular flexibility index (Phi) is 4.68. The van der Waals surface area contributed by atoms with E-state index in [4.69, 9.17) is 0 Å². The minimum absolute atomic E-state index is 0. The molecule has 0 unspecified atom stereocenters. The van der Waals surface area contributed by atoms with E-state index in [0.717, 1.165) is 0 Å². The van der Waals surface area contributed by atoms with E-state index < -0.39 is 58.7 Å². The molecule has 0 radical (unpaired) electrons. The van der Waals surface area contributed by atoms with Crippen molar-refractivity contribution in [2.75, 3.05) is 0 Å². The van der Waals surface area contributed by atoms with Crippen molar-refractivity contribution in [3.8, 4) is 0 Å². The van der Waals surface area contributed by atoms with Gasteiger partial charge in [-0.3, -0.25) is 0 Å². The summed E-state index contributed by atoms with van der Waals surface area (Å²) >= 11 is 0. The van der Waals surface area contributed by atoms with Crippen LogP contribution in [-0.2, 0) is 0 Å². The molecule has 0 aliphatic heterocycles. The van der Waals surface area contributed by atoms with Crippen molar-refractivity contribution in [1.82, 2.24) is 0 Å². The molecule has 0 N–H and O–H groups in total. The molecule has 0 bridgehead atoms. The van der Waals surface area contributed by atoms with Crippen molar-refractivity contribution in [1.29, 1.82) is 0 Å². The van der Waals surface area contributed by atoms with E-state index in [1.54, 1.807) is 0 Å². The summed E-state index contributed by atoms with van der Waals surface area (Å²) in [6.07, 6.45) is 0. The van der Waals surface area contributed by atoms with Crippen LogP contribution in [0.2, 0.25) is 0 Å². The molecule has 174 valence electrons. The first kappa shape index (κ1) is 26.0. The number of hydrogen-bond donors (Lipinski definition) is 0. The average molecular weight is 494 g/mol. The largest absolute Gasteiger partial charge is 0.382 e. The van der Waals surface area contributed by atoms with Crippen molar-refractivity contribution in [3.05, 3.63) is 0 Å². The molecule has 0 aromatic heterocycles. The highest BCUT2D eigenvalue weighted by atomic mass is 28.1. The Morgan fingerprint density at radius 3 is 0.414 bits per heavy atom. The van der Waals surface area contributed by atoms with Gasteiger partial charge in [-0.15, -0.1) is 0 Å². The molecule has 0 amide bonds. The standard InChI is InChI=1S/C10F18.H4Si/c11-1-2(12,5(17,18)9(25,26)7(21,22)3(1,13)14)6(19,20)10(27,28)8(23,24)4(1,15)16;/h;1H4. The van der Waals surface area contributed by atoms with Crippen LogP contribution >= 0.6 is 0 Å². The number of hydrogen-bond acceptors (Lipinski definition) is 0. The average Bonchev–Trinajstić information content (AvgIpc) is 2.49. The van der Waals surface area contributed by atoms with Gasteiger partial charge in [-0.05, 0) is 11.0 Å². The minimum Gasteiger partial charge on any atom is -0.226 e. The molecule has 0 saturated heterocycles. The predicted molar refractivity (Wildman–Crippen MR) is 58.6 cm³/mol. The Morgan fingerprint density at radius 2 is 0.310 bits per heavy atom. The van der Waals surface area contributed by atoms with Crippen LogP contribution in [0.5, 0.6) is 0 Å². The molecule has 0 nitrogen and oxygen atoms in total. The molecule has 0 aromatic rings. The molecule has 0 spiro atoms. The second-order valence-corrected chi connectivity index (χ2v) is 5.91. The predicted octanol–water partition coefficient (Wildman–Crippen LogP) is 4.06. The quantitative estimate of drug-likeness (QED) is 0.352. The second-order valence-electron chi connectivity index (χ2n) is 5.91. The highest BCUT2D eigenvalue weighted by Crippen LogP contribution is 2.81. The Balaban J connectivity index is 0.00000420. The highest BCUT2D eigenvalue weighted by molar-refractivity contribution is 5.75. The van der Waals surface area contributed by atoms with Gasteiger partial charge in [0, 0.05) is 0 Å². The maximum atomic E-state index is 14.2. The lowest BCUT2D eigenvalue weighted by atomic mass is 9.54. The lowest BCUT2D eigenvalue weighted by molar-refractivity contribution is -0.560. The smallest absolute Gasteiger partial charge is 0.226 e. The van der Waals surface area contributed by atoms with Crippen LogP contribution in [0, 0.1) is 0 Å². The molecule has 0 heterocycles. The topological polar surface area (TPSA) is 0 Å². The molecule has 0 atom stereocenters. The van der Waals surface area contributed by atoms with E-state index in [9.17, 15) is 79.0 Å². The number of rotatable bonds is 0. The van der Waals surface area contributed by atoms with Gasteiger partial charge >= 0.3 is 47.4 Å². The molecule has 19 heteroatoms. The van der Waals surface area contributed by atoms with Gasteiger partial charge in [0.25, 0.3) is 11.3 Å². The van der Waals surface area contributed by atoms with Crippen LogP contribution in [0.3, 0.4) is 0 Å². The molecule has 2 aliphatic rings. The summed E-state index contributed by atoms with van der Waals surface area (Å²) in [6, 6.07) is 0. The summed E-state index contributed by atoms with van der Waals surface area (Å²) in [7, 11) is 0. The van der Waals surface area contributed by atoms with Crippen molar-refractivity contribution in [2.45, 2.75) is 58.7 Å². The molecule has 29 heavy (non-hydrogen) atoms. The fourth-order valence-electron chi connectivity index (χ4n) is 2.91. The Morgan fingerprint density at radius 1 is 0.207 bits per heavy atom. The fraction of sp³-hybridized carbons (Fsp3) is 1.00. The lowest BCUT2D eigenvalue weighted by Gasteiger charge is -2.63. The van der Waals surface area contributed by atoms with Crippen molar-refractivity contribution >= 4 is 11.0 Å². The summed E-state index contributed by atoms with van der Waals surface area (Å²) in [5, 5.41) is 0. The van der Waals surface area contributed by atoms with Crippen LogP contribution in [0.25, 0.3) is 0 Å². The third-order valence-electron chi connectivity index (χ3n) is 4.57. The van der Waals surface area contributed by atoms with Gasteiger partial charge in [0.1, 0.15) is 0 Å². The normalized spacial score (nSPS) is 41.6. The van der Waals surface area contributed by atoms with Gasteiger partial charge in [0.05, 0.1) is 0 Å². The third-order valence-corrected chi connectivity index (χ3v) is 4.57. The molecule has 2 fully saturated rings. The maximum Gasteiger partial charge on any atom is 0.382 e. The molecule has 2 aliphatic carbocycles. The van der Waals surface area contributed by atoms with E-state index in [1.807, 2.05) is 0 Å². The monoisotopic (exact) mass is 494 g/mol. The van der Waals surface area contributed by atoms with E-state index in [0.29, 0.717) is 0 Å². The zero-order valence-electron chi connectivity index (χ0n) is 11.8. The van der Waals surface area contributed by atoms with E-state index in [-0.39, 0.29) is 11.0 Å². The van der Waals surface area contributed by atoms with Crippen molar-refractivity contribution in [2.24, 2.45) is 0 Å². The second kappa shape index (κ2) is 5.23. The van der Waals surface area contributed by atoms with Crippen LogP contribution in [-0.4, -0.2) is 69.7 Å². The first-order chi connectivity index (χ1) is 11.8. The van der Waals surface area contributed by atoms with Crippen LogP contribution in [0.15, 0.2) is 0 Å². The Bertz CT molecular complexity index is 593. The lowest BCUT2D eigenvalue weighted by Crippen LogP contribution is -2.98. The van der Waals surface area contributed by atoms with Crippen molar-refractivity contribution < 1.29 is 79.0 Å². The van der Waals surface area contributed by atoms with Crippen molar-refractivity contribution in [3.63, 3.8) is 0 Å². The first-order valence-electron chi connectivity index (χ1n) is 6.15. The molecular weight excluding hydrogens is 490 g/mol. The first-order valence-corrected chi connectivity index (χ1v) is 6.15. The minimum atomic E-state index is -8.64. The highest BCUT2D eigenvalue weighted by Gasteiger charge is 3.15. The van der Waals surface area contributed by atoms with Gasteiger partial charge < -0.3 is 0 Å². The number of fused-ring (bicyclic) bond motifs is 1. The van der Waals surface area contributed by atoms with Crippen LogP contribution < -0.4 is 0 Å².